The maximum atomic E-state index is 12.4. The lowest BCUT2D eigenvalue weighted by molar-refractivity contribution is -0.139. The summed E-state index contributed by atoms with van der Waals surface area (Å²) in [6.07, 6.45) is 6.10. The average Bonchev–Trinajstić information content (AvgIpc) is 3.13. The van der Waals surface area contributed by atoms with E-state index in [2.05, 4.69) is 32.3 Å². The lowest BCUT2D eigenvalue weighted by Gasteiger charge is -2.32. The smallest absolute Gasteiger partial charge is 0.332 e. The van der Waals surface area contributed by atoms with Crippen LogP contribution in [0.25, 0.3) is 0 Å². The van der Waals surface area contributed by atoms with Crippen LogP contribution in [-0.4, -0.2) is 24.0 Å². The van der Waals surface area contributed by atoms with Crippen molar-refractivity contribution in [2.24, 2.45) is 17.8 Å². The minimum absolute atomic E-state index is 0.250. The van der Waals surface area contributed by atoms with Crippen LogP contribution in [0.4, 0.5) is 0 Å². The molecule has 3 heteroatoms. The molecule has 0 saturated carbocycles. The van der Waals surface area contributed by atoms with Gasteiger partial charge in [-0.3, -0.25) is 0 Å². The Bertz CT molecular complexity index is 585. The Morgan fingerprint density at radius 3 is 2.40 bits per heavy atom. The first-order chi connectivity index (χ1) is 12.0. The van der Waals surface area contributed by atoms with Gasteiger partial charge in [0, 0.05) is 30.8 Å². The normalized spacial score (nSPS) is 17.4. The molecule has 0 N–H and O–H groups in total. The standard InChI is InChI=1S/C22H31NO2/c1-5-20(17(2)3)18(4)21(23-13-9-10-14-23)15-22(24)25-16-19-11-7-6-8-12-19/h5-8,11-12,15,17-18,20H,1,9-10,13-14,16H2,2-4H3/b21-15+/t18-,20-/m0/s1. The maximum absolute atomic E-state index is 12.4. The molecule has 0 bridgehead atoms. The molecule has 0 aliphatic carbocycles. The van der Waals surface area contributed by atoms with E-state index in [1.165, 1.54) is 12.8 Å². The van der Waals surface area contributed by atoms with E-state index in [9.17, 15) is 4.79 Å². The third-order valence-electron chi connectivity index (χ3n) is 5.05. The van der Waals surface area contributed by atoms with Crippen molar-refractivity contribution in [1.29, 1.82) is 0 Å². The van der Waals surface area contributed by atoms with E-state index in [0.29, 0.717) is 18.4 Å². The maximum Gasteiger partial charge on any atom is 0.332 e. The molecule has 2 atom stereocenters. The molecule has 0 amide bonds. The van der Waals surface area contributed by atoms with Gasteiger partial charge >= 0.3 is 5.97 Å². The molecule has 3 nitrogen and oxygen atoms in total. The molecule has 0 unspecified atom stereocenters. The number of carbonyl (C=O) groups is 1. The molecule has 2 rings (SSSR count). The zero-order chi connectivity index (χ0) is 18.2. The van der Waals surface area contributed by atoms with E-state index in [4.69, 9.17) is 4.74 Å². The number of allylic oxidation sites excluding steroid dienone is 2. The highest BCUT2D eigenvalue weighted by Gasteiger charge is 2.27. The molecule has 25 heavy (non-hydrogen) atoms. The molecule has 1 fully saturated rings. The number of carbonyl (C=O) groups excluding carboxylic acids is 1. The number of likely N-dealkylation sites (tertiary alicyclic amines) is 1. The van der Waals surface area contributed by atoms with Gasteiger partial charge in [-0.2, -0.15) is 0 Å². The summed E-state index contributed by atoms with van der Waals surface area (Å²) >= 11 is 0. The van der Waals surface area contributed by atoms with Crippen molar-refractivity contribution in [3.8, 4) is 0 Å². The quantitative estimate of drug-likeness (QED) is 0.386. The lowest BCUT2D eigenvalue weighted by Crippen LogP contribution is -2.29. The largest absolute Gasteiger partial charge is 0.458 e. The zero-order valence-corrected chi connectivity index (χ0v) is 15.8. The van der Waals surface area contributed by atoms with Crippen LogP contribution >= 0.6 is 0 Å². The van der Waals surface area contributed by atoms with Crippen LogP contribution in [0.3, 0.4) is 0 Å². The molecule has 1 heterocycles. The molecule has 0 radical (unpaired) electrons. The first kappa shape index (κ1) is 19.3. The van der Waals surface area contributed by atoms with E-state index in [-0.39, 0.29) is 11.9 Å². The second kappa shape index (κ2) is 9.45. The fourth-order valence-electron chi connectivity index (χ4n) is 3.63. The molecule has 0 spiro atoms. The predicted octanol–water partition coefficient (Wildman–Crippen LogP) is 4.80. The first-order valence-corrected chi connectivity index (χ1v) is 9.32. The second-order valence-corrected chi connectivity index (χ2v) is 7.20. The van der Waals surface area contributed by atoms with Gasteiger partial charge in [0.25, 0.3) is 0 Å². The Morgan fingerprint density at radius 1 is 1.20 bits per heavy atom. The summed E-state index contributed by atoms with van der Waals surface area (Å²) in [4.78, 5) is 14.8. The zero-order valence-electron chi connectivity index (χ0n) is 15.8. The van der Waals surface area contributed by atoms with Crippen LogP contribution in [0.2, 0.25) is 0 Å². The van der Waals surface area contributed by atoms with E-state index in [1.807, 2.05) is 36.4 Å². The molecule has 0 aromatic heterocycles. The fraction of sp³-hybridized carbons (Fsp3) is 0.500. The van der Waals surface area contributed by atoms with Gasteiger partial charge in [-0.15, -0.1) is 6.58 Å². The molecular formula is C22H31NO2. The van der Waals surface area contributed by atoms with Gasteiger partial charge in [0.15, 0.2) is 0 Å². The van der Waals surface area contributed by atoms with Crippen LogP contribution in [0.1, 0.15) is 39.2 Å². The summed E-state index contributed by atoms with van der Waals surface area (Å²) < 4.78 is 5.47. The van der Waals surface area contributed by atoms with Crippen molar-refractivity contribution >= 4 is 5.97 Å². The highest BCUT2D eigenvalue weighted by molar-refractivity contribution is 5.82. The number of esters is 1. The number of benzene rings is 1. The third-order valence-corrected chi connectivity index (χ3v) is 5.05. The van der Waals surface area contributed by atoms with Crippen LogP contribution in [0, 0.1) is 17.8 Å². The molecule has 1 aliphatic rings. The van der Waals surface area contributed by atoms with Crippen LogP contribution < -0.4 is 0 Å². The van der Waals surface area contributed by atoms with E-state index < -0.39 is 0 Å². The van der Waals surface area contributed by atoms with Crippen LogP contribution in [0.5, 0.6) is 0 Å². The highest BCUT2D eigenvalue weighted by atomic mass is 16.5. The van der Waals surface area contributed by atoms with E-state index in [0.717, 1.165) is 24.4 Å². The van der Waals surface area contributed by atoms with Crippen molar-refractivity contribution in [3.63, 3.8) is 0 Å². The summed E-state index contributed by atoms with van der Waals surface area (Å²) in [5.74, 6) is 0.816. The lowest BCUT2D eigenvalue weighted by atomic mass is 9.82. The third kappa shape index (κ3) is 5.48. The fourth-order valence-corrected chi connectivity index (χ4v) is 3.63. The van der Waals surface area contributed by atoms with Crippen molar-refractivity contribution in [1.82, 2.24) is 4.90 Å². The Kier molecular flexibility index (Phi) is 7.30. The molecule has 1 aromatic carbocycles. The second-order valence-electron chi connectivity index (χ2n) is 7.20. The Morgan fingerprint density at radius 2 is 1.84 bits per heavy atom. The minimum Gasteiger partial charge on any atom is -0.458 e. The van der Waals surface area contributed by atoms with Crippen LogP contribution in [0.15, 0.2) is 54.8 Å². The summed E-state index contributed by atoms with van der Waals surface area (Å²) in [5, 5.41) is 0. The van der Waals surface area contributed by atoms with Gasteiger partial charge in [0.2, 0.25) is 0 Å². The predicted molar refractivity (Wildman–Crippen MR) is 103 cm³/mol. The first-order valence-electron chi connectivity index (χ1n) is 9.32. The van der Waals surface area contributed by atoms with Gasteiger partial charge in [0.1, 0.15) is 6.61 Å². The van der Waals surface area contributed by atoms with E-state index in [1.54, 1.807) is 6.08 Å². The van der Waals surface area contributed by atoms with Crippen molar-refractivity contribution in [2.45, 2.75) is 40.2 Å². The van der Waals surface area contributed by atoms with Crippen molar-refractivity contribution in [3.05, 3.63) is 60.3 Å². The Balaban J connectivity index is 2.11. The summed E-state index contributed by atoms with van der Waals surface area (Å²) in [6.45, 7) is 13.0. The summed E-state index contributed by atoms with van der Waals surface area (Å²) in [5.41, 5.74) is 2.10. The SMILES string of the molecule is C=C[C@@H](C(C)C)[C@H](C)/C(=C\C(=O)OCc1ccccc1)N1CCCC1. The molecule has 136 valence electrons. The highest BCUT2D eigenvalue weighted by Crippen LogP contribution is 2.31. The van der Waals surface area contributed by atoms with Gasteiger partial charge < -0.3 is 9.64 Å². The Hall–Kier alpha value is -2.03. The minimum atomic E-state index is -0.260. The summed E-state index contributed by atoms with van der Waals surface area (Å²) in [7, 11) is 0. The van der Waals surface area contributed by atoms with Gasteiger partial charge in [0.05, 0.1) is 0 Å². The van der Waals surface area contributed by atoms with Crippen molar-refractivity contribution in [2.75, 3.05) is 13.1 Å². The van der Waals surface area contributed by atoms with Gasteiger partial charge in [-0.05, 0) is 30.2 Å². The molecule has 1 aromatic rings. The number of ether oxygens (including phenoxy) is 1. The topological polar surface area (TPSA) is 29.5 Å². The van der Waals surface area contributed by atoms with Gasteiger partial charge in [-0.1, -0.05) is 57.2 Å². The monoisotopic (exact) mass is 341 g/mol. The number of rotatable bonds is 8. The van der Waals surface area contributed by atoms with E-state index >= 15 is 0 Å². The molecular weight excluding hydrogens is 310 g/mol. The van der Waals surface area contributed by atoms with Crippen molar-refractivity contribution < 1.29 is 9.53 Å². The Labute approximate surface area is 152 Å². The number of hydrogen-bond donors (Lipinski definition) is 0. The number of hydrogen-bond acceptors (Lipinski definition) is 3. The number of nitrogens with zero attached hydrogens (tertiary/aromatic N) is 1. The molecule has 1 saturated heterocycles. The van der Waals surface area contributed by atoms with Crippen LogP contribution in [-0.2, 0) is 16.1 Å². The average molecular weight is 341 g/mol. The summed E-state index contributed by atoms with van der Waals surface area (Å²) in [6, 6.07) is 9.79. The molecule has 1 aliphatic heterocycles. The van der Waals surface area contributed by atoms with Gasteiger partial charge in [-0.25, -0.2) is 4.79 Å².